The molecule has 0 unspecified atom stereocenters. The third-order valence-corrected chi connectivity index (χ3v) is 6.75. The Balaban J connectivity index is 1.67. The van der Waals surface area contributed by atoms with Gasteiger partial charge in [0.2, 0.25) is 5.91 Å². The van der Waals surface area contributed by atoms with Crippen LogP contribution in [0, 0.1) is 5.92 Å². The van der Waals surface area contributed by atoms with Crippen molar-refractivity contribution in [2.24, 2.45) is 5.92 Å². The third kappa shape index (κ3) is 5.02. The van der Waals surface area contributed by atoms with Gasteiger partial charge in [0.15, 0.2) is 11.5 Å². The van der Waals surface area contributed by atoms with Crippen LogP contribution >= 0.6 is 0 Å². The zero-order valence-electron chi connectivity index (χ0n) is 19.8. The van der Waals surface area contributed by atoms with Crippen LogP contribution in [0.5, 0.6) is 11.5 Å². The molecule has 2 heterocycles. The molecule has 0 N–H and O–H groups in total. The van der Waals surface area contributed by atoms with Crippen molar-refractivity contribution in [3.8, 4) is 11.5 Å². The lowest BCUT2D eigenvalue weighted by Crippen LogP contribution is -2.58. The molecule has 1 saturated heterocycles. The van der Waals surface area contributed by atoms with Gasteiger partial charge in [-0.3, -0.25) is 9.59 Å². The number of methoxy groups -OCH3 is 1. The van der Waals surface area contributed by atoms with Crippen LogP contribution in [0.25, 0.3) is 0 Å². The van der Waals surface area contributed by atoms with Crippen LogP contribution in [0.3, 0.4) is 0 Å². The molecule has 2 amide bonds. The lowest BCUT2D eigenvalue weighted by Gasteiger charge is -2.45. The highest BCUT2D eigenvalue weighted by atomic mass is 16.5. The zero-order valence-corrected chi connectivity index (χ0v) is 19.8. The normalized spacial score (nSPS) is 23.7. The maximum atomic E-state index is 13.9. The van der Waals surface area contributed by atoms with Crippen LogP contribution in [0.1, 0.15) is 63.3 Å². The van der Waals surface area contributed by atoms with Gasteiger partial charge in [-0.25, -0.2) is 0 Å². The highest BCUT2D eigenvalue weighted by Crippen LogP contribution is 2.37. The first kappa shape index (κ1) is 23.2. The largest absolute Gasteiger partial charge is 0.493 e. The van der Waals surface area contributed by atoms with Crippen LogP contribution in [-0.4, -0.2) is 47.9 Å². The van der Waals surface area contributed by atoms with Gasteiger partial charge in [0.25, 0.3) is 5.91 Å². The van der Waals surface area contributed by atoms with Crippen molar-refractivity contribution in [1.29, 1.82) is 0 Å². The predicted molar refractivity (Wildman–Crippen MR) is 124 cm³/mol. The minimum atomic E-state index is -0.732. The molecule has 7 nitrogen and oxygen atoms in total. The topological polar surface area (TPSA) is 72.2 Å². The van der Waals surface area contributed by atoms with Gasteiger partial charge in [0.05, 0.1) is 26.5 Å². The first-order valence-corrected chi connectivity index (χ1v) is 11.9. The smallest absolute Gasteiger partial charge is 0.250 e. The van der Waals surface area contributed by atoms with Crippen LogP contribution in [0.15, 0.2) is 41.0 Å². The first-order chi connectivity index (χ1) is 16.0. The summed E-state index contributed by atoms with van der Waals surface area (Å²) in [5, 5.41) is 0. The minimum Gasteiger partial charge on any atom is -0.493 e. The van der Waals surface area contributed by atoms with Crippen molar-refractivity contribution < 1.29 is 23.5 Å². The van der Waals surface area contributed by atoms with E-state index in [1.165, 1.54) is 0 Å². The van der Waals surface area contributed by atoms with E-state index in [4.69, 9.17) is 13.9 Å². The standard InChI is InChI=1S/C26H34N2O5/c1-4-13-33-22-12-9-19(15-23(22)31-3)25-26(30)27(20-10-7-18(2)8-11-20)17-24(29)28(25)16-21-6-5-14-32-21/h5-6,9,12,14-15,18,20,25H,4,7-8,10-11,13,16-17H2,1-3H3/t18?,20?,25-/m1/s1. The molecule has 1 atom stereocenters. The monoisotopic (exact) mass is 454 g/mol. The summed E-state index contributed by atoms with van der Waals surface area (Å²) in [6, 6.07) is 8.51. The van der Waals surface area contributed by atoms with E-state index >= 15 is 0 Å². The second-order valence-electron chi connectivity index (χ2n) is 9.14. The molecule has 2 fully saturated rings. The van der Waals surface area contributed by atoms with E-state index in [1.54, 1.807) is 24.3 Å². The van der Waals surface area contributed by atoms with Crippen molar-refractivity contribution in [3.63, 3.8) is 0 Å². The molecule has 2 aliphatic rings. The molecule has 0 radical (unpaired) electrons. The van der Waals surface area contributed by atoms with Gasteiger partial charge in [0, 0.05) is 6.04 Å². The molecule has 33 heavy (non-hydrogen) atoms. The number of carbonyl (C=O) groups is 2. The Morgan fingerprint density at radius 1 is 1.09 bits per heavy atom. The minimum absolute atomic E-state index is 0.0370. The summed E-state index contributed by atoms with van der Waals surface area (Å²) in [7, 11) is 1.59. The van der Waals surface area contributed by atoms with Crippen LogP contribution in [0.2, 0.25) is 0 Å². The number of hydrogen-bond acceptors (Lipinski definition) is 5. The van der Waals surface area contributed by atoms with E-state index in [2.05, 4.69) is 6.92 Å². The fourth-order valence-corrected chi connectivity index (χ4v) is 4.87. The molecule has 1 aromatic heterocycles. The van der Waals surface area contributed by atoms with E-state index in [0.29, 0.717) is 29.8 Å². The third-order valence-electron chi connectivity index (χ3n) is 6.75. The summed E-state index contributed by atoms with van der Waals surface area (Å²) < 4.78 is 16.9. The molecule has 1 aliphatic heterocycles. The predicted octanol–water partition coefficient (Wildman–Crippen LogP) is 4.57. The quantitative estimate of drug-likeness (QED) is 0.584. The van der Waals surface area contributed by atoms with E-state index in [0.717, 1.165) is 37.7 Å². The molecule has 1 aromatic carbocycles. The maximum Gasteiger partial charge on any atom is 0.250 e. The second-order valence-corrected chi connectivity index (χ2v) is 9.14. The SMILES string of the molecule is CCCOc1ccc([C@@H]2C(=O)N(C3CCC(C)CC3)CC(=O)N2Cc2ccco2)cc1OC. The van der Waals surface area contributed by atoms with Crippen molar-refractivity contribution >= 4 is 11.8 Å². The zero-order chi connectivity index (χ0) is 23.4. The molecular weight excluding hydrogens is 420 g/mol. The van der Waals surface area contributed by atoms with Gasteiger partial charge < -0.3 is 23.7 Å². The number of rotatable bonds is 8. The molecule has 1 saturated carbocycles. The lowest BCUT2D eigenvalue weighted by atomic mass is 9.85. The van der Waals surface area contributed by atoms with Crippen molar-refractivity contribution in [3.05, 3.63) is 47.9 Å². The van der Waals surface area contributed by atoms with Crippen LogP contribution < -0.4 is 9.47 Å². The summed E-state index contributed by atoms with van der Waals surface area (Å²) in [4.78, 5) is 30.7. The molecule has 2 aromatic rings. The Bertz CT molecular complexity index is 950. The Morgan fingerprint density at radius 2 is 1.88 bits per heavy atom. The van der Waals surface area contributed by atoms with Gasteiger partial charge in [-0.05, 0) is 67.9 Å². The molecule has 1 aliphatic carbocycles. The summed E-state index contributed by atoms with van der Waals surface area (Å²) in [6.07, 6.45) is 6.52. The Morgan fingerprint density at radius 3 is 2.55 bits per heavy atom. The molecule has 178 valence electrons. The van der Waals surface area contributed by atoms with Gasteiger partial charge in [-0.1, -0.05) is 19.9 Å². The van der Waals surface area contributed by atoms with Crippen LogP contribution in [0.4, 0.5) is 0 Å². The number of ether oxygens (including phenoxy) is 2. The number of furan rings is 1. The Hall–Kier alpha value is -2.96. The summed E-state index contributed by atoms with van der Waals surface area (Å²) >= 11 is 0. The number of hydrogen-bond donors (Lipinski definition) is 0. The number of nitrogens with zero attached hydrogens (tertiary/aromatic N) is 2. The highest BCUT2D eigenvalue weighted by molar-refractivity contribution is 5.96. The summed E-state index contributed by atoms with van der Waals surface area (Å²) in [6.45, 7) is 5.23. The molecule has 4 rings (SSSR count). The van der Waals surface area contributed by atoms with Gasteiger partial charge in [-0.15, -0.1) is 0 Å². The molecule has 0 spiro atoms. The van der Waals surface area contributed by atoms with Crippen molar-refractivity contribution in [2.45, 2.75) is 64.6 Å². The number of benzene rings is 1. The molecule has 0 bridgehead atoms. The second kappa shape index (κ2) is 10.3. The molecule has 7 heteroatoms. The summed E-state index contributed by atoms with van der Waals surface area (Å²) in [5.74, 6) is 2.40. The van der Waals surface area contributed by atoms with Gasteiger partial charge in [0.1, 0.15) is 18.3 Å². The fraction of sp³-hybridized carbons (Fsp3) is 0.538. The Labute approximate surface area is 195 Å². The number of piperazine rings is 1. The number of carbonyl (C=O) groups excluding carboxylic acids is 2. The average Bonchev–Trinajstić information content (AvgIpc) is 3.34. The van der Waals surface area contributed by atoms with Gasteiger partial charge in [-0.2, -0.15) is 0 Å². The van der Waals surface area contributed by atoms with Crippen molar-refractivity contribution in [2.75, 3.05) is 20.3 Å². The fourth-order valence-electron chi connectivity index (χ4n) is 4.87. The van der Waals surface area contributed by atoms with Gasteiger partial charge >= 0.3 is 0 Å². The van der Waals surface area contributed by atoms with E-state index in [-0.39, 0.29) is 30.9 Å². The van der Waals surface area contributed by atoms with E-state index in [1.807, 2.05) is 36.1 Å². The lowest BCUT2D eigenvalue weighted by molar-refractivity contribution is -0.160. The van der Waals surface area contributed by atoms with Crippen molar-refractivity contribution in [1.82, 2.24) is 9.80 Å². The Kier molecular flexibility index (Phi) is 7.26. The maximum absolute atomic E-state index is 13.9. The summed E-state index contributed by atoms with van der Waals surface area (Å²) in [5.41, 5.74) is 0.717. The van der Waals surface area contributed by atoms with E-state index < -0.39 is 6.04 Å². The average molecular weight is 455 g/mol. The first-order valence-electron chi connectivity index (χ1n) is 11.9. The molecular formula is C26H34N2O5. The van der Waals surface area contributed by atoms with E-state index in [9.17, 15) is 9.59 Å². The van der Waals surface area contributed by atoms with Crippen LogP contribution in [-0.2, 0) is 16.1 Å². The number of amides is 2. The highest BCUT2D eigenvalue weighted by Gasteiger charge is 2.43.